The smallest absolute Gasteiger partial charge is 0.287 e. The zero-order valence-electron chi connectivity index (χ0n) is 19.5. The van der Waals surface area contributed by atoms with E-state index in [1.165, 1.54) is 0 Å². The Morgan fingerprint density at radius 2 is 1.38 bits per heavy atom. The van der Waals surface area contributed by atoms with Crippen molar-refractivity contribution in [2.24, 2.45) is 5.10 Å². The number of hydrogen-bond acceptors (Lipinski definition) is 4. The third-order valence-corrected chi connectivity index (χ3v) is 4.88. The van der Waals surface area contributed by atoms with E-state index < -0.39 is 5.91 Å². The second-order valence-corrected chi connectivity index (χ2v) is 7.86. The number of allylic oxidation sites excluding steroid dienone is 1. The Labute approximate surface area is 200 Å². The van der Waals surface area contributed by atoms with Crippen LogP contribution in [-0.4, -0.2) is 32.1 Å². The SMILES string of the molecule is C/C(C=NNC(=O)/C(=C\c1ccc(N(C)C)cc1)NC(=O)c1ccccc1)=C\c1ccccc1. The van der Waals surface area contributed by atoms with Crippen LogP contribution in [0.25, 0.3) is 12.2 Å². The van der Waals surface area contributed by atoms with E-state index in [1.54, 1.807) is 36.6 Å². The fourth-order valence-electron chi connectivity index (χ4n) is 3.08. The summed E-state index contributed by atoms with van der Waals surface area (Å²) in [6.07, 6.45) is 5.14. The molecule has 0 saturated heterocycles. The van der Waals surface area contributed by atoms with E-state index in [2.05, 4.69) is 15.8 Å². The van der Waals surface area contributed by atoms with Gasteiger partial charge in [0.2, 0.25) is 0 Å². The molecule has 0 bridgehead atoms. The Bertz CT molecular complexity index is 1200. The molecule has 0 aliphatic carbocycles. The lowest BCUT2D eigenvalue weighted by molar-refractivity contribution is -0.117. The van der Waals surface area contributed by atoms with Gasteiger partial charge in [0.1, 0.15) is 5.70 Å². The Balaban J connectivity index is 1.78. The molecule has 2 amide bonds. The minimum Gasteiger partial charge on any atom is -0.378 e. The number of hydrogen-bond donors (Lipinski definition) is 2. The maximum Gasteiger partial charge on any atom is 0.287 e. The standard InChI is InChI=1S/C28H28N4O2/c1-21(18-22-10-6-4-7-11-22)20-29-31-28(34)26(30-27(33)24-12-8-5-9-13-24)19-23-14-16-25(17-15-23)32(2)3/h4-20H,1-3H3,(H,30,33)(H,31,34)/b21-18+,26-19+,29-20?. The Hall–Kier alpha value is -4.45. The van der Waals surface area contributed by atoms with Crippen LogP contribution in [0.15, 0.2) is 101 Å². The van der Waals surface area contributed by atoms with Crippen molar-refractivity contribution >= 4 is 35.9 Å². The van der Waals surface area contributed by atoms with Crippen LogP contribution in [-0.2, 0) is 4.79 Å². The number of amides is 2. The van der Waals surface area contributed by atoms with Gasteiger partial charge in [-0.3, -0.25) is 9.59 Å². The summed E-state index contributed by atoms with van der Waals surface area (Å²) in [5.41, 5.74) is 6.75. The molecule has 3 aromatic rings. The van der Waals surface area contributed by atoms with Crippen molar-refractivity contribution in [2.45, 2.75) is 6.92 Å². The van der Waals surface area contributed by atoms with Gasteiger partial charge in [-0.15, -0.1) is 0 Å². The van der Waals surface area contributed by atoms with Crippen molar-refractivity contribution in [2.75, 3.05) is 19.0 Å². The van der Waals surface area contributed by atoms with Gasteiger partial charge in [-0.05, 0) is 54.0 Å². The third-order valence-electron chi connectivity index (χ3n) is 4.88. The summed E-state index contributed by atoms with van der Waals surface area (Å²) in [4.78, 5) is 27.6. The molecule has 0 aliphatic heterocycles. The highest BCUT2D eigenvalue weighted by molar-refractivity contribution is 6.05. The van der Waals surface area contributed by atoms with Crippen LogP contribution in [0.5, 0.6) is 0 Å². The molecule has 0 heterocycles. The zero-order chi connectivity index (χ0) is 24.3. The summed E-state index contributed by atoms with van der Waals surface area (Å²) >= 11 is 0. The Morgan fingerprint density at radius 1 is 0.794 bits per heavy atom. The van der Waals surface area contributed by atoms with E-state index in [0.29, 0.717) is 5.56 Å². The van der Waals surface area contributed by atoms with Gasteiger partial charge in [0.25, 0.3) is 11.8 Å². The van der Waals surface area contributed by atoms with Crippen LogP contribution >= 0.6 is 0 Å². The van der Waals surface area contributed by atoms with Gasteiger partial charge >= 0.3 is 0 Å². The lowest BCUT2D eigenvalue weighted by Gasteiger charge is -2.12. The summed E-state index contributed by atoms with van der Waals surface area (Å²) in [6, 6.07) is 26.2. The van der Waals surface area contributed by atoms with Crippen molar-refractivity contribution in [3.05, 3.63) is 113 Å². The first-order valence-corrected chi connectivity index (χ1v) is 10.8. The Morgan fingerprint density at radius 3 is 2.00 bits per heavy atom. The van der Waals surface area contributed by atoms with E-state index in [9.17, 15) is 9.59 Å². The average molecular weight is 453 g/mol. The van der Waals surface area contributed by atoms with Gasteiger partial charge in [0, 0.05) is 25.3 Å². The molecule has 0 unspecified atom stereocenters. The van der Waals surface area contributed by atoms with Crippen LogP contribution in [0.3, 0.4) is 0 Å². The number of carbonyl (C=O) groups excluding carboxylic acids is 2. The molecule has 0 saturated carbocycles. The third kappa shape index (κ3) is 7.31. The molecular weight excluding hydrogens is 424 g/mol. The molecule has 0 atom stereocenters. The van der Waals surface area contributed by atoms with Crippen LogP contribution < -0.4 is 15.6 Å². The lowest BCUT2D eigenvalue weighted by Crippen LogP contribution is -2.32. The van der Waals surface area contributed by atoms with Crippen LogP contribution in [0.4, 0.5) is 5.69 Å². The highest BCUT2D eigenvalue weighted by atomic mass is 16.2. The van der Waals surface area contributed by atoms with Crippen molar-refractivity contribution < 1.29 is 9.59 Å². The summed E-state index contributed by atoms with van der Waals surface area (Å²) in [7, 11) is 3.91. The van der Waals surface area contributed by atoms with E-state index in [0.717, 1.165) is 22.4 Å². The summed E-state index contributed by atoms with van der Waals surface area (Å²) in [5, 5.41) is 6.76. The molecule has 0 aliphatic rings. The molecule has 3 aromatic carbocycles. The quantitative estimate of drug-likeness (QED) is 0.295. The normalized spacial score (nSPS) is 11.9. The Kier molecular flexibility index (Phi) is 8.52. The molecule has 0 spiro atoms. The largest absolute Gasteiger partial charge is 0.378 e. The summed E-state index contributed by atoms with van der Waals surface area (Å²) in [6.45, 7) is 1.89. The van der Waals surface area contributed by atoms with E-state index in [4.69, 9.17) is 0 Å². The van der Waals surface area contributed by atoms with Crippen molar-refractivity contribution in [1.29, 1.82) is 0 Å². The maximum atomic E-state index is 12.9. The predicted octanol–water partition coefficient (Wildman–Crippen LogP) is 4.73. The summed E-state index contributed by atoms with van der Waals surface area (Å²) in [5.74, 6) is -0.902. The molecule has 0 radical (unpaired) electrons. The molecule has 3 rings (SSSR count). The molecule has 172 valence electrons. The fraction of sp³-hybridized carbons (Fsp3) is 0.107. The number of rotatable bonds is 8. The number of nitrogens with zero attached hydrogens (tertiary/aromatic N) is 2. The minimum absolute atomic E-state index is 0.0910. The van der Waals surface area contributed by atoms with Gasteiger partial charge in [-0.25, -0.2) is 5.43 Å². The first kappa shape index (κ1) is 24.2. The predicted molar refractivity (Wildman–Crippen MR) is 139 cm³/mol. The molecule has 0 fully saturated rings. The van der Waals surface area contributed by atoms with Gasteiger partial charge in [0.05, 0.1) is 6.21 Å². The van der Waals surface area contributed by atoms with Gasteiger partial charge in [0.15, 0.2) is 0 Å². The van der Waals surface area contributed by atoms with Gasteiger partial charge in [-0.1, -0.05) is 66.7 Å². The minimum atomic E-state index is -0.523. The highest BCUT2D eigenvalue weighted by Crippen LogP contribution is 2.14. The second-order valence-electron chi connectivity index (χ2n) is 7.86. The lowest BCUT2D eigenvalue weighted by atomic mass is 10.1. The van der Waals surface area contributed by atoms with Gasteiger partial charge in [-0.2, -0.15) is 5.10 Å². The van der Waals surface area contributed by atoms with E-state index >= 15 is 0 Å². The number of carbonyl (C=O) groups is 2. The number of benzene rings is 3. The average Bonchev–Trinajstić information content (AvgIpc) is 2.85. The summed E-state index contributed by atoms with van der Waals surface area (Å²) < 4.78 is 0. The monoisotopic (exact) mass is 452 g/mol. The number of anilines is 1. The maximum absolute atomic E-state index is 12.9. The fourth-order valence-corrected chi connectivity index (χ4v) is 3.08. The van der Waals surface area contributed by atoms with Gasteiger partial charge < -0.3 is 10.2 Å². The van der Waals surface area contributed by atoms with Crippen LogP contribution in [0.2, 0.25) is 0 Å². The molecule has 6 heteroatoms. The topological polar surface area (TPSA) is 73.8 Å². The molecule has 0 aromatic heterocycles. The van der Waals surface area contributed by atoms with Crippen LogP contribution in [0.1, 0.15) is 28.4 Å². The van der Waals surface area contributed by atoms with E-state index in [1.807, 2.05) is 92.7 Å². The zero-order valence-corrected chi connectivity index (χ0v) is 19.5. The first-order valence-electron chi connectivity index (χ1n) is 10.8. The number of nitrogens with one attached hydrogen (secondary N) is 2. The highest BCUT2D eigenvalue weighted by Gasteiger charge is 2.14. The van der Waals surface area contributed by atoms with Crippen molar-refractivity contribution in [3.63, 3.8) is 0 Å². The molecule has 6 nitrogen and oxygen atoms in total. The van der Waals surface area contributed by atoms with Crippen molar-refractivity contribution in [3.8, 4) is 0 Å². The molecule has 2 N–H and O–H groups in total. The van der Waals surface area contributed by atoms with Crippen LogP contribution in [0, 0.1) is 0 Å². The second kappa shape index (κ2) is 12.0. The number of hydrazone groups is 1. The van der Waals surface area contributed by atoms with Crippen molar-refractivity contribution in [1.82, 2.24) is 10.7 Å². The molecular formula is C28H28N4O2. The molecule has 34 heavy (non-hydrogen) atoms. The van der Waals surface area contributed by atoms with E-state index in [-0.39, 0.29) is 11.6 Å². The first-order chi connectivity index (χ1) is 16.4.